The zero-order chi connectivity index (χ0) is 15.9. The number of ether oxygens (including phenoxy) is 1. The van der Waals surface area contributed by atoms with Crippen LogP contribution in [0.3, 0.4) is 0 Å². The Kier molecular flexibility index (Phi) is 5.76. The molecule has 1 heterocycles. The second kappa shape index (κ2) is 7.79. The average Bonchev–Trinajstić information content (AvgIpc) is 2.92. The van der Waals surface area contributed by atoms with Gasteiger partial charge in [-0.1, -0.05) is 19.1 Å². The lowest BCUT2D eigenvalue weighted by atomic mass is 10.1. The van der Waals surface area contributed by atoms with Gasteiger partial charge in [-0.3, -0.25) is 4.79 Å². The highest BCUT2D eigenvalue weighted by Crippen LogP contribution is 2.27. The van der Waals surface area contributed by atoms with E-state index in [-0.39, 0.29) is 6.61 Å². The number of nitrogens with zero attached hydrogens (tertiary/aromatic N) is 5. The topological polar surface area (TPSA) is 92.9 Å². The van der Waals surface area contributed by atoms with Gasteiger partial charge in [0.2, 0.25) is 11.8 Å². The molecule has 0 N–H and O–H groups in total. The van der Waals surface area contributed by atoms with Gasteiger partial charge in [0.05, 0.1) is 0 Å². The Hall–Kier alpha value is -2.09. The summed E-state index contributed by atoms with van der Waals surface area (Å²) in [5.41, 5.74) is 9.47. The molecule has 0 bridgehead atoms. The highest BCUT2D eigenvalue weighted by Gasteiger charge is 2.15. The van der Waals surface area contributed by atoms with Gasteiger partial charge < -0.3 is 4.74 Å². The van der Waals surface area contributed by atoms with Crippen LogP contribution < -0.4 is 4.74 Å². The number of thioether (sulfide) groups is 1. The van der Waals surface area contributed by atoms with Crippen molar-refractivity contribution in [2.24, 2.45) is 5.11 Å². The largest absolute Gasteiger partial charge is 0.472 e. The molecule has 1 amide bonds. The van der Waals surface area contributed by atoms with E-state index in [4.69, 9.17) is 10.3 Å². The molecule has 1 aromatic heterocycles. The molecule has 0 saturated heterocycles. The van der Waals surface area contributed by atoms with Gasteiger partial charge in [-0.25, -0.2) is 4.09 Å². The maximum atomic E-state index is 11.9. The highest BCUT2D eigenvalue weighted by molar-refractivity contribution is 7.99. The number of rotatable bonds is 6. The van der Waals surface area contributed by atoms with Gasteiger partial charge in [-0.05, 0) is 35.3 Å². The first-order valence-electron chi connectivity index (χ1n) is 6.37. The molecule has 9 heteroatoms. The van der Waals surface area contributed by atoms with Gasteiger partial charge in [-0.2, -0.15) is 0 Å². The van der Waals surface area contributed by atoms with Crippen molar-refractivity contribution in [3.8, 4) is 5.88 Å². The van der Waals surface area contributed by atoms with E-state index >= 15 is 0 Å². The van der Waals surface area contributed by atoms with Crippen LogP contribution in [0.1, 0.15) is 22.8 Å². The van der Waals surface area contributed by atoms with Crippen LogP contribution in [0.2, 0.25) is 0 Å². The third-order valence-corrected chi connectivity index (χ3v) is 3.92. The van der Waals surface area contributed by atoms with Crippen molar-refractivity contribution in [2.75, 3.05) is 5.75 Å². The molecule has 0 aliphatic rings. The van der Waals surface area contributed by atoms with Crippen molar-refractivity contribution < 1.29 is 9.53 Å². The average molecular weight is 335 g/mol. The van der Waals surface area contributed by atoms with E-state index in [2.05, 4.69) is 27.9 Å². The van der Waals surface area contributed by atoms with E-state index in [0.29, 0.717) is 17.0 Å². The fourth-order valence-electron chi connectivity index (χ4n) is 1.82. The van der Waals surface area contributed by atoms with Crippen molar-refractivity contribution in [2.45, 2.75) is 18.4 Å². The first kappa shape index (κ1) is 16.3. The zero-order valence-electron chi connectivity index (χ0n) is 11.7. The van der Waals surface area contributed by atoms with Gasteiger partial charge >= 0.3 is 0 Å². The van der Waals surface area contributed by atoms with Crippen molar-refractivity contribution >= 4 is 30.5 Å². The molecule has 1 aromatic carbocycles. The predicted molar refractivity (Wildman–Crippen MR) is 87.3 cm³/mol. The van der Waals surface area contributed by atoms with Gasteiger partial charge in [0.1, 0.15) is 6.61 Å². The van der Waals surface area contributed by atoms with Crippen LogP contribution >= 0.6 is 24.6 Å². The molecule has 0 unspecified atom stereocenters. The number of aromatic nitrogens is 2. The van der Waals surface area contributed by atoms with Gasteiger partial charge in [0, 0.05) is 33.2 Å². The standard InChI is InChI=1S/C13H13N5O2S2/c1-2-22-11-5-3-4-9(13(19)15-17-14)10(11)8-20-12-6-7-18(21)16-12/h3-7,21H,2,8H2,1H3. The minimum Gasteiger partial charge on any atom is -0.472 e. The molecule has 2 rings (SSSR count). The van der Waals surface area contributed by atoms with Crippen molar-refractivity contribution in [3.05, 3.63) is 52.0 Å². The van der Waals surface area contributed by atoms with Crippen molar-refractivity contribution in [3.63, 3.8) is 0 Å². The minimum atomic E-state index is -0.626. The maximum absolute atomic E-state index is 11.9. The molecule has 22 heavy (non-hydrogen) atoms. The number of carbonyl (C=O) groups is 1. The molecule has 0 radical (unpaired) electrons. The van der Waals surface area contributed by atoms with E-state index < -0.39 is 5.91 Å². The Morgan fingerprint density at radius 3 is 3.00 bits per heavy atom. The molecule has 7 nitrogen and oxygen atoms in total. The second-order valence-corrected chi connectivity index (χ2v) is 5.79. The van der Waals surface area contributed by atoms with Crippen LogP contribution in [-0.2, 0) is 6.61 Å². The molecular formula is C13H13N5O2S2. The first-order chi connectivity index (χ1) is 10.7. The summed E-state index contributed by atoms with van der Waals surface area (Å²) in [6, 6.07) is 6.94. The van der Waals surface area contributed by atoms with E-state index in [1.807, 2.05) is 13.0 Å². The molecule has 0 aliphatic heterocycles. The number of carbonyl (C=O) groups excluding carboxylic acids is 1. The molecular weight excluding hydrogens is 322 g/mol. The third kappa shape index (κ3) is 3.97. The van der Waals surface area contributed by atoms with Crippen LogP contribution in [0.4, 0.5) is 0 Å². The quantitative estimate of drug-likeness (QED) is 0.286. The summed E-state index contributed by atoms with van der Waals surface area (Å²) >= 11 is 5.62. The number of hydrogen-bond acceptors (Lipinski definition) is 5. The van der Waals surface area contributed by atoms with E-state index in [1.54, 1.807) is 36.2 Å². The van der Waals surface area contributed by atoms with Crippen molar-refractivity contribution in [1.29, 1.82) is 0 Å². The lowest BCUT2D eigenvalue weighted by Crippen LogP contribution is -2.06. The smallest absolute Gasteiger partial charge is 0.249 e. The second-order valence-electron chi connectivity index (χ2n) is 4.07. The Bertz CT molecular complexity index is 725. The van der Waals surface area contributed by atoms with Crippen LogP contribution in [0.5, 0.6) is 5.88 Å². The molecule has 114 valence electrons. The highest BCUT2D eigenvalue weighted by atomic mass is 32.2. The van der Waals surface area contributed by atoms with Crippen LogP contribution in [0.25, 0.3) is 10.4 Å². The molecule has 0 fully saturated rings. The fraction of sp³-hybridized carbons (Fsp3) is 0.231. The fourth-order valence-corrected chi connectivity index (χ4v) is 2.81. The summed E-state index contributed by atoms with van der Waals surface area (Å²) in [6.07, 6.45) is 1.64. The monoisotopic (exact) mass is 335 g/mol. The zero-order valence-corrected chi connectivity index (χ0v) is 13.4. The maximum Gasteiger partial charge on any atom is 0.249 e. The Balaban J connectivity index is 2.32. The van der Waals surface area contributed by atoms with Crippen molar-refractivity contribution in [1.82, 2.24) is 9.19 Å². The number of azide groups is 1. The lowest BCUT2D eigenvalue weighted by Gasteiger charge is -2.12. The molecule has 2 aromatic rings. The Morgan fingerprint density at radius 1 is 1.55 bits per heavy atom. The SMILES string of the molecule is CCSc1cccc(C(=O)N=[N+]=[N-])c1COc1ccn(S)n1. The Morgan fingerprint density at radius 2 is 2.36 bits per heavy atom. The van der Waals surface area contributed by atoms with Crippen LogP contribution in [0.15, 0.2) is 40.5 Å². The first-order valence-corrected chi connectivity index (χ1v) is 7.76. The number of amides is 1. The predicted octanol–water partition coefficient (Wildman–Crippen LogP) is 3.72. The van der Waals surface area contributed by atoms with Gasteiger partial charge in [-0.15, -0.1) is 16.9 Å². The minimum absolute atomic E-state index is 0.149. The summed E-state index contributed by atoms with van der Waals surface area (Å²) in [6.45, 7) is 2.16. The van der Waals surface area contributed by atoms with Crippen LogP contribution in [0, 0.1) is 0 Å². The van der Waals surface area contributed by atoms with E-state index in [1.165, 1.54) is 4.09 Å². The number of hydrogen-bond donors (Lipinski definition) is 1. The summed E-state index contributed by atoms with van der Waals surface area (Å²) < 4.78 is 6.92. The number of benzene rings is 1. The Labute approximate surface area is 136 Å². The molecule has 0 saturated carbocycles. The summed E-state index contributed by atoms with van der Waals surface area (Å²) in [5.74, 6) is 0.616. The summed E-state index contributed by atoms with van der Waals surface area (Å²) in [4.78, 5) is 15.4. The summed E-state index contributed by atoms with van der Waals surface area (Å²) in [5, 5.41) is 7.16. The lowest BCUT2D eigenvalue weighted by molar-refractivity contribution is 0.0997. The third-order valence-electron chi connectivity index (χ3n) is 2.71. The van der Waals surface area contributed by atoms with Gasteiger partial charge in [0.25, 0.3) is 0 Å². The molecule has 0 spiro atoms. The van der Waals surface area contributed by atoms with Gasteiger partial charge in [0.15, 0.2) is 0 Å². The van der Waals surface area contributed by atoms with Crippen LogP contribution in [-0.4, -0.2) is 20.8 Å². The van der Waals surface area contributed by atoms with E-state index in [0.717, 1.165) is 10.6 Å². The van der Waals surface area contributed by atoms with E-state index in [9.17, 15) is 4.79 Å². The molecule has 0 atom stereocenters. The normalized spacial score (nSPS) is 10.1. The molecule has 0 aliphatic carbocycles. The summed E-state index contributed by atoms with van der Waals surface area (Å²) in [7, 11) is 0. The number of thiol groups is 1.